The van der Waals surface area contributed by atoms with Gasteiger partial charge in [0, 0.05) is 13.0 Å². The van der Waals surface area contributed by atoms with Crippen molar-refractivity contribution in [1.29, 1.82) is 0 Å². The second-order valence-electron chi connectivity index (χ2n) is 5.22. The van der Waals surface area contributed by atoms with Gasteiger partial charge in [0.25, 0.3) is 0 Å². The number of hydrogen-bond donors (Lipinski definition) is 1. The summed E-state index contributed by atoms with van der Waals surface area (Å²) in [6.07, 6.45) is 4.70. The van der Waals surface area contributed by atoms with Gasteiger partial charge in [0.2, 0.25) is 11.0 Å². The Labute approximate surface area is 131 Å². The molecular formula is C13H18N6O2S. The highest BCUT2D eigenvalue weighted by atomic mass is 32.1. The van der Waals surface area contributed by atoms with Crippen molar-refractivity contribution in [3.63, 3.8) is 0 Å². The molecule has 3 rings (SSSR count). The third-order valence-electron chi connectivity index (χ3n) is 3.59. The second-order valence-corrected chi connectivity index (χ2v) is 6.28. The van der Waals surface area contributed by atoms with Crippen molar-refractivity contribution in [1.82, 2.24) is 24.5 Å². The smallest absolute Gasteiger partial charge is 0.299 e. The number of amides is 1. The third-order valence-corrected chi connectivity index (χ3v) is 4.57. The van der Waals surface area contributed by atoms with Crippen molar-refractivity contribution in [3.8, 4) is 0 Å². The second kappa shape index (κ2) is 6.39. The minimum absolute atomic E-state index is 0.0973. The Hall–Kier alpha value is -2.03. The molecule has 1 aliphatic rings. The molecule has 0 saturated carbocycles. The minimum atomic E-state index is -0.311. The van der Waals surface area contributed by atoms with E-state index in [2.05, 4.69) is 20.6 Å². The van der Waals surface area contributed by atoms with Crippen LogP contribution in [0.3, 0.4) is 0 Å². The number of anilines is 1. The van der Waals surface area contributed by atoms with Gasteiger partial charge >= 0.3 is 5.69 Å². The normalized spacial score (nSPS) is 14.4. The molecule has 9 heteroatoms. The summed E-state index contributed by atoms with van der Waals surface area (Å²) in [6.45, 7) is 2.57. The first kappa shape index (κ1) is 14.9. The zero-order valence-corrected chi connectivity index (χ0v) is 13.2. The topological polar surface area (TPSA) is 94.7 Å². The maximum atomic E-state index is 12.3. The number of nitrogens with one attached hydrogen (secondary N) is 1. The van der Waals surface area contributed by atoms with Gasteiger partial charge in [0.05, 0.1) is 0 Å². The number of hydrogen-bond acceptors (Lipinski definition) is 6. The number of aryl methyl sites for hydroxylation is 2. The molecule has 0 spiro atoms. The summed E-state index contributed by atoms with van der Waals surface area (Å²) in [6, 6.07) is 0. The Kier molecular flexibility index (Phi) is 4.32. The monoisotopic (exact) mass is 322 g/mol. The van der Waals surface area contributed by atoms with Gasteiger partial charge in [-0.25, -0.2) is 9.48 Å². The average molecular weight is 322 g/mol. The Morgan fingerprint density at radius 2 is 2.18 bits per heavy atom. The molecule has 1 aliphatic heterocycles. The van der Waals surface area contributed by atoms with E-state index in [1.165, 1.54) is 16.0 Å². The van der Waals surface area contributed by atoms with Crippen LogP contribution in [-0.4, -0.2) is 30.5 Å². The van der Waals surface area contributed by atoms with Crippen molar-refractivity contribution in [2.45, 2.75) is 52.1 Å². The van der Waals surface area contributed by atoms with Crippen LogP contribution in [0, 0.1) is 0 Å². The molecule has 0 saturated heterocycles. The fraction of sp³-hybridized carbons (Fsp3) is 0.615. The van der Waals surface area contributed by atoms with Crippen LogP contribution in [-0.2, 0) is 30.7 Å². The summed E-state index contributed by atoms with van der Waals surface area (Å²) in [4.78, 5) is 24.3. The molecule has 0 bridgehead atoms. The lowest BCUT2D eigenvalue weighted by molar-refractivity contribution is -0.117. The highest BCUT2D eigenvalue weighted by Gasteiger charge is 2.17. The van der Waals surface area contributed by atoms with E-state index in [1.807, 2.05) is 6.92 Å². The summed E-state index contributed by atoms with van der Waals surface area (Å²) in [5.74, 6) is 0.466. The SMILES string of the molecule is CCc1nnc(NC(=O)Cn2nc3n(c2=O)CCCCC3)s1. The highest BCUT2D eigenvalue weighted by molar-refractivity contribution is 7.15. The van der Waals surface area contributed by atoms with Crippen LogP contribution in [0.2, 0.25) is 0 Å². The van der Waals surface area contributed by atoms with Gasteiger partial charge in [-0.05, 0) is 19.3 Å². The largest absolute Gasteiger partial charge is 0.346 e. The quantitative estimate of drug-likeness (QED) is 0.899. The molecule has 0 radical (unpaired) electrons. The molecular weight excluding hydrogens is 304 g/mol. The van der Waals surface area contributed by atoms with E-state index >= 15 is 0 Å². The van der Waals surface area contributed by atoms with Crippen molar-refractivity contribution in [2.75, 3.05) is 5.32 Å². The molecule has 0 atom stereocenters. The number of fused-ring (bicyclic) bond motifs is 1. The number of nitrogens with zero attached hydrogens (tertiary/aromatic N) is 5. The maximum absolute atomic E-state index is 12.3. The zero-order valence-electron chi connectivity index (χ0n) is 12.4. The molecule has 118 valence electrons. The highest BCUT2D eigenvalue weighted by Crippen LogP contribution is 2.15. The molecule has 2 aromatic rings. The van der Waals surface area contributed by atoms with Gasteiger partial charge in [-0.2, -0.15) is 5.10 Å². The first-order valence-electron chi connectivity index (χ1n) is 7.46. The van der Waals surface area contributed by atoms with Crippen LogP contribution in [0.25, 0.3) is 0 Å². The number of carbonyl (C=O) groups is 1. The van der Waals surface area contributed by atoms with Crippen LogP contribution in [0.1, 0.15) is 37.0 Å². The summed E-state index contributed by atoms with van der Waals surface area (Å²) in [7, 11) is 0. The van der Waals surface area contributed by atoms with Gasteiger partial charge in [0.15, 0.2) is 0 Å². The van der Waals surface area contributed by atoms with Crippen LogP contribution in [0.4, 0.5) is 5.13 Å². The van der Waals surface area contributed by atoms with E-state index in [4.69, 9.17) is 0 Å². The standard InChI is InChI=1S/C13H18N6O2S/c1-2-11-15-16-12(22-11)14-10(20)8-19-13(21)18-7-5-3-4-6-9(18)17-19/h2-8H2,1H3,(H,14,16,20). The first-order chi connectivity index (χ1) is 10.7. The van der Waals surface area contributed by atoms with Gasteiger partial charge in [-0.1, -0.05) is 24.7 Å². The molecule has 8 nitrogen and oxygen atoms in total. The molecule has 0 aromatic carbocycles. The number of rotatable bonds is 4. The molecule has 2 aromatic heterocycles. The molecule has 0 aliphatic carbocycles. The van der Waals surface area contributed by atoms with E-state index in [0.29, 0.717) is 11.7 Å². The van der Waals surface area contributed by atoms with Crippen LogP contribution >= 0.6 is 11.3 Å². The van der Waals surface area contributed by atoms with Crippen molar-refractivity contribution in [3.05, 3.63) is 21.3 Å². The van der Waals surface area contributed by atoms with Crippen LogP contribution in [0.5, 0.6) is 0 Å². The predicted molar refractivity (Wildman–Crippen MR) is 82.0 cm³/mol. The summed E-state index contributed by atoms with van der Waals surface area (Å²) in [5.41, 5.74) is -0.210. The molecule has 3 heterocycles. The van der Waals surface area contributed by atoms with Crippen molar-refractivity contribution in [2.24, 2.45) is 0 Å². The molecule has 0 fully saturated rings. The molecule has 0 unspecified atom stereocenters. The van der Waals surface area contributed by atoms with Gasteiger partial charge in [-0.3, -0.25) is 14.7 Å². The minimum Gasteiger partial charge on any atom is -0.299 e. The van der Waals surface area contributed by atoms with Crippen LogP contribution < -0.4 is 11.0 Å². The maximum Gasteiger partial charge on any atom is 0.346 e. The zero-order chi connectivity index (χ0) is 15.5. The van der Waals surface area contributed by atoms with Gasteiger partial charge < -0.3 is 0 Å². The lowest BCUT2D eigenvalue weighted by atomic mass is 10.2. The van der Waals surface area contributed by atoms with E-state index < -0.39 is 0 Å². The molecule has 22 heavy (non-hydrogen) atoms. The first-order valence-corrected chi connectivity index (χ1v) is 8.27. The lowest BCUT2D eigenvalue weighted by Crippen LogP contribution is -2.30. The third kappa shape index (κ3) is 3.08. The predicted octanol–water partition coefficient (Wildman–Crippen LogP) is 0.824. The fourth-order valence-electron chi connectivity index (χ4n) is 2.47. The average Bonchev–Trinajstić information content (AvgIpc) is 2.97. The Morgan fingerprint density at radius 3 is 2.95 bits per heavy atom. The van der Waals surface area contributed by atoms with Gasteiger partial charge in [-0.15, -0.1) is 10.2 Å². The number of carbonyl (C=O) groups excluding carboxylic acids is 1. The summed E-state index contributed by atoms with van der Waals surface area (Å²) < 4.78 is 2.91. The molecule has 1 N–H and O–H groups in total. The van der Waals surface area contributed by atoms with E-state index in [0.717, 1.165) is 42.9 Å². The summed E-state index contributed by atoms with van der Waals surface area (Å²) in [5, 5.41) is 16.1. The Morgan fingerprint density at radius 1 is 1.32 bits per heavy atom. The molecule has 1 amide bonds. The fourth-order valence-corrected chi connectivity index (χ4v) is 3.17. The van der Waals surface area contributed by atoms with E-state index in [9.17, 15) is 9.59 Å². The van der Waals surface area contributed by atoms with E-state index in [1.54, 1.807) is 4.57 Å². The van der Waals surface area contributed by atoms with Crippen LogP contribution in [0.15, 0.2) is 4.79 Å². The Balaban J connectivity index is 1.70. The summed E-state index contributed by atoms with van der Waals surface area (Å²) >= 11 is 1.34. The van der Waals surface area contributed by atoms with E-state index in [-0.39, 0.29) is 18.1 Å². The van der Waals surface area contributed by atoms with Crippen molar-refractivity contribution >= 4 is 22.4 Å². The van der Waals surface area contributed by atoms with Crippen molar-refractivity contribution < 1.29 is 4.79 Å². The van der Waals surface area contributed by atoms with Gasteiger partial charge in [0.1, 0.15) is 17.4 Å². The Bertz CT molecular complexity index is 731. The number of aromatic nitrogens is 5. The lowest BCUT2D eigenvalue weighted by Gasteiger charge is -2.00.